The minimum atomic E-state index is 0.173. The van der Waals surface area contributed by atoms with E-state index in [2.05, 4.69) is 40.5 Å². The number of nitrogens with one attached hydrogen (secondary N) is 1. The summed E-state index contributed by atoms with van der Waals surface area (Å²) in [6, 6.07) is 10.6. The molecule has 120 valence electrons. The number of piperidine rings is 1. The van der Waals surface area contributed by atoms with Gasteiger partial charge in [-0.15, -0.1) is 0 Å². The standard InChI is InChI=1S/C18H26N2OS/c21-18(19-11-16-8-10-22-14-16)17-7-4-9-20(13-17)12-15-5-2-1-3-6-15/h1-3,5-6,16-17H,4,7-14H2,(H,19,21)/t16-,17+/m1/s1. The fourth-order valence-electron chi connectivity index (χ4n) is 3.39. The zero-order valence-corrected chi connectivity index (χ0v) is 14.0. The molecule has 1 amide bonds. The first kappa shape index (κ1) is 15.9. The van der Waals surface area contributed by atoms with Gasteiger partial charge in [0.2, 0.25) is 5.91 Å². The molecule has 0 spiro atoms. The Balaban J connectivity index is 1.46. The summed E-state index contributed by atoms with van der Waals surface area (Å²) in [5.74, 6) is 3.61. The van der Waals surface area contributed by atoms with Crippen molar-refractivity contribution in [2.75, 3.05) is 31.1 Å². The summed E-state index contributed by atoms with van der Waals surface area (Å²) in [7, 11) is 0. The molecule has 0 aromatic heterocycles. The van der Waals surface area contributed by atoms with Crippen molar-refractivity contribution in [2.45, 2.75) is 25.8 Å². The molecule has 1 aromatic rings. The lowest BCUT2D eigenvalue weighted by Gasteiger charge is -2.32. The number of carbonyl (C=O) groups excluding carboxylic acids is 1. The highest BCUT2D eigenvalue weighted by molar-refractivity contribution is 7.99. The molecule has 2 aliphatic heterocycles. The molecule has 22 heavy (non-hydrogen) atoms. The molecular weight excluding hydrogens is 292 g/mol. The van der Waals surface area contributed by atoms with Gasteiger partial charge in [0.15, 0.2) is 0 Å². The lowest BCUT2D eigenvalue weighted by molar-refractivity contribution is -0.126. The number of likely N-dealkylation sites (tertiary alicyclic amines) is 1. The van der Waals surface area contributed by atoms with E-state index in [0.717, 1.165) is 39.0 Å². The van der Waals surface area contributed by atoms with Crippen molar-refractivity contribution in [1.82, 2.24) is 10.2 Å². The second-order valence-corrected chi connectivity index (χ2v) is 7.68. The van der Waals surface area contributed by atoms with Crippen LogP contribution in [0.5, 0.6) is 0 Å². The highest BCUT2D eigenvalue weighted by Gasteiger charge is 2.26. The molecule has 3 rings (SSSR count). The minimum Gasteiger partial charge on any atom is -0.356 e. The zero-order valence-electron chi connectivity index (χ0n) is 13.2. The third kappa shape index (κ3) is 4.50. The number of carbonyl (C=O) groups is 1. The lowest BCUT2D eigenvalue weighted by Crippen LogP contribution is -2.43. The first-order valence-electron chi connectivity index (χ1n) is 8.43. The maximum absolute atomic E-state index is 12.4. The largest absolute Gasteiger partial charge is 0.356 e. The van der Waals surface area contributed by atoms with Crippen molar-refractivity contribution >= 4 is 17.7 Å². The van der Waals surface area contributed by atoms with Crippen molar-refractivity contribution in [2.24, 2.45) is 11.8 Å². The van der Waals surface area contributed by atoms with Crippen molar-refractivity contribution in [3.8, 4) is 0 Å². The molecule has 3 nitrogen and oxygen atoms in total. The first-order valence-corrected chi connectivity index (χ1v) is 9.58. The predicted molar refractivity (Wildman–Crippen MR) is 92.9 cm³/mol. The van der Waals surface area contributed by atoms with Crippen molar-refractivity contribution < 1.29 is 4.79 Å². The third-order valence-corrected chi connectivity index (χ3v) is 5.95. The molecule has 0 bridgehead atoms. The molecule has 2 heterocycles. The molecular formula is C18H26N2OS. The average Bonchev–Trinajstić information content (AvgIpc) is 3.07. The van der Waals surface area contributed by atoms with Gasteiger partial charge in [-0.3, -0.25) is 9.69 Å². The Bertz CT molecular complexity index is 473. The second kappa shape index (κ2) is 8.02. The first-order chi connectivity index (χ1) is 10.8. The van der Waals surface area contributed by atoms with E-state index in [1.54, 1.807) is 0 Å². The van der Waals surface area contributed by atoms with Gasteiger partial charge in [0.25, 0.3) is 0 Å². The number of rotatable bonds is 5. The Kier molecular flexibility index (Phi) is 5.79. The fourth-order valence-corrected chi connectivity index (χ4v) is 4.67. The van der Waals surface area contributed by atoms with Crippen molar-refractivity contribution in [3.63, 3.8) is 0 Å². The Hall–Kier alpha value is -1.00. The summed E-state index contributed by atoms with van der Waals surface area (Å²) >= 11 is 2.01. The van der Waals surface area contributed by atoms with Crippen LogP contribution in [-0.4, -0.2) is 41.9 Å². The van der Waals surface area contributed by atoms with Gasteiger partial charge in [0, 0.05) is 19.6 Å². The number of benzene rings is 1. The van der Waals surface area contributed by atoms with Gasteiger partial charge in [-0.05, 0) is 48.8 Å². The Labute approximate surface area is 137 Å². The summed E-state index contributed by atoms with van der Waals surface area (Å²) in [5.41, 5.74) is 1.34. The van der Waals surface area contributed by atoms with E-state index in [0.29, 0.717) is 5.92 Å². The predicted octanol–water partition coefficient (Wildman–Crippen LogP) is 2.77. The number of nitrogens with zero attached hydrogens (tertiary/aromatic N) is 1. The summed E-state index contributed by atoms with van der Waals surface area (Å²) < 4.78 is 0. The summed E-state index contributed by atoms with van der Waals surface area (Å²) in [6.07, 6.45) is 3.43. The third-order valence-electron chi connectivity index (χ3n) is 4.71. The molecule has 0 unspecified atom stereocenters. The fraction of sp³-hybridized carbons (Fsp3) is 0.611. The van der Waals surface area contributed by atoms with Crippen LogP contribution in [0.4, 0.5) is 0 Å². The van der Waals surface area contributed by atoms with Crippen LogP contribution in [0.25, 0.3) is 0 Å². The van der Waals surface area contributed by atoms with Crippen LogP contribution in [0.3, 0.4) is 0 Å². The van der Waals surface area contributed by atoms with Gasteiger partial charge in [0.1, 0.15) is 0 Å². The molecule has 0 saturated carbocycles. The topological polar surface area (TPSA) is 32.3 Å². The molecule has 2 saturated heterocycles. The average molecular weight is 318 g/mol. The van der Waals surface area contributed by atoms with Gasteiger partial charge in [-0.1, -0.05) is 30.3 Å². The quantitative estimate of drug-likeness (QED) is 0.906. The molecule has 2 aliphatic rings. The second-order valence-electron chi connectivity index (χ2n) is 6.53. The van der Waals surface area contributed by atoms with E-state index in [1.807, 2.05) is 11.8 Å². The van der Waals surface area contributed by atoms with Crippen LogP contribution in [0.15, 0.2) is 30.3 Å². The molecule has 2 fully saturated rings. The van der Waals surface area contributed by atoms with E-state index in [9.17, 15) is 4.79 Å². The monoisotopic (exact) mass is 318 g/mol. The van der Waals surface area contributed by atoms with E-state index >= 15 is 0 Å². The van der Waals surface area contributed by atoms with Crippen LogP contribution in [0, 0.1) is 11.8 Å². The van der Waals surface area contributed by atoms with E-state index in [4.69, 9.17) is 0 Å². The van der Waals surface area contributed by atoms with Gasteiger partial charge in [-0.25, -0.2) is 0 Å². The number of hydrogen-bond acceptors (Lipinski definition) is 3. The van der Waals surface area contributed by atoms with E-state index < -0.39 is 0 Å². The smallest absolute Gasteiger partial charge is 0.224 e. The van der Waals surface area contributed by atoms with E-state index in [1.165, 1.54) is 23.5 Å². The molecule has 4 heteroatoms. The summed E-state index contributed by atoms with van der Waals surface area (Å²) in [4.78, 5) is 14.8. The Morgan fingerprint density at radius 3 is 2.91 bits per heavy atom. The molecule has 0 radical (unpaired) electrons. The Morgan fingerprint density at radius 1 is 1.27 bits per heavy atom. The summed E-state index contributed by atoms with van der Waals surface area (Å²) in [6.45, 7) is 3.85. The van der Waals surface area contributed by atoms with Gasteiger partial charge in [-0.2, -0.15) is 11.8 Å². The normalized spacial score (nSPS) is 26.0. The number of thioether (sulfide) groups is 1. The van der Waals surface area contributed by atoms with Crippen LogP contribution < -0.4 is 5.32 Å². The van der Waals surface area contributed by atoms with Gasteiger partial charge < -0.3 is 5.32 Å². The molecule has 0 aliphatic carbocycles. The van der Waals surface area contributed by atoms with Crippen molar-refractivity contribution in [3.05, 3.63) is 35.9 Å². The maximum atomic E-state index is 12.4. The van der Waals surface area contributed by atoms with Gasteiger partial charge in [0.05, 0.1) is 5.92 Å². The van der Waals surface area contributed by atoms with Crippen LogP contribution in [-0.2, 0) is 11.3 Å². The molecule has 1 N–H and O–H groups in total. The van der Waals surface area contributed by atoms with Crippen molar-refractivity contribution in [1.29, 1.82) is 0 Å². The highest BCUT2D eigenvalue weighted by atomic mass is 32.2. The molecule has 2 atom stereocenters. The SMILES string of the molecule is O=C(NC[C@H]1CCSC1)[C@H]1CCCN(Cc2ccccc2)C1. The maximum Gasteiger partial charge on any atom is 0.224 e. The van der Waals surface area contributed by atoms with Crippen LogP contribution in [0.2, 0.25) is 0 Å². The number of hydrogen-bond donors (Lipinski definition) is 1. The Morgan fingerprint density at radius 2 is 2.14 bits per heavy atom. The summed E-state index contributed by atoms with van der Waals surface area (Å²) in [5, 5.41) is 3.20. The lowest BCUT2D eigenvalue weighted by atomic mass is 9.96. The zero-order chi connectivity index (χ0) is 15.2. The van der Waals surface area contributed by atoms with E-state index in [-0.39, 0.29) is 11.8 Å². The number of amides is 1. The van der Waals surface area contributed by atoms with Gasteiger partial charge >= 0.3 is 0 Å². The highest BCUT2D eigenvalue weighted by Crippen LogP contribution is 2.23. The van der Waals surface area contributed by atoms with Crippen LogP contribution in [0.1, 0.15) is 24.8 Å². The van der Waals surface area contributed by atoms with Crippen LogP contribution >= 0.6 is 11.8 Å². The molecule has 1 aromatic carbocycles. The minimum absolute atomic E-state index is 0.173.